The lowest BCUT2D eigenvalue weighted by molar-refractivity contribution is -0.146. The van der Waals surface area contributed by atoms with Crippen molar-refractivity contribution >= 4 is 22.6 Å². The third-order valence-corrected chi connectivity index (χ3v) is 5.35. The van der Waals surface area contributed by atoms with Crippen LogP contribution in [0.5, 0.6) is 0 Å². The molecule has 1 aromatic heterocycles. The zero-order valence-electron chi connectivity index (χ0n) is 16.2. The van der Waals surface area contributed by atoms with Gasteiger partial charge in [-0.25, -0.2) is 0 Å². The van der Waals surface area contributed by atoms with Gasteiger partial charge in [0.2, 0.25) is 0 Å². The molecule has 1 amide bonds. The molecular weight excluding hydrogens is 366 g/mol. The summed E-state index contributed by atoms with van der Waals surface area (Å²) in [5, 5.41) is 5.39. The summed E-state index contributed by atoms with van der Waals surface area (Å²) in [6.45, 7) is 1.20. The van der Waals surface area contributed by atoms with E-state index in [-0.39, 0.29) is 24.0 Å². The zero-order chi connectivity index (χ0) is 20.2. The van der Waals surface area contributed by atoms with Gasteiger partial charge in [-0.2, -0.15) is 0 Å². The number of methoxy groups -OCH3 is 1. The molecule has 6 heteroatoms. The van der Waals surface area contributed by atoms with Crippen LogP contribution in [-0.4, -0.2) is 47.5 Å². The summed E-state index contributed by atoms with van der Waals surface area (Å²) in [4.78, 5) is 30.8. The first-order valence-electron chi connectivity index (χ1n) is 9.64. The molecule has 6 nitrogen and oxygen atoms in total. The Kier molecular flexibility index (Phi) is 5.53. The van der Waals surface area contributed by atoms with Gasteiger partial charge in [0.25, 0.3) is 5.91 Å². The van der Waals surface area contributed by atoms with Gasteiger partial charge in [0, 0.05) is 37.1 Å². The molecule has 148 valence electrons. The average molecular weight is 389 g/mol. The number of carbonyl (C=O) groups excluding carboxylic acids is 2. The number of fused-ring (bicyclic) bond motifs is 1. The lowest BCUT2D eigenvalue weighted by atomic mass is 10.1. The number of benzene rings is 2. The van der Waals surface area contributed by atoms with E-state index >= 15 is 0 Å². The molecule has 29 heavy (non-hydrogen) atoms. The molecule has 2 heterocycles. The number of hydrogen-bond donors (Lipinski definition) is 1. The van der Waals surface area contributed by atoms with Crippen LogP contribution in [0.2, 0.25) is 0 Å². The molecule has 1 aliphatic heterocycles. The Morgan fingerprint density at radius 1 is 1.10 bits per heavy atom. The molecule has 0 saturated carbocycles. The lowest BCUT2D eigenvalue weighted by Crippen LogP contribution is -2.37. The fourth-order valence-electron chi connectivity index (χ4n) is 3.91. The van der Waals surface area contributed by atoms with Gasteiger partial charge in [-0.15, -0.1) is 0 Å². The quantitative estimate of drug-likeness (QED) is 0.680. The summed E-state index contributed by atoms with van der Waals surface area (Å²) in [7, 11) is 1.40. The van der Waals surface area contributed by atoms with Crippen LogP contribution in [0.15, 0.2) is 67.0 Å². The monoisotopic (exact) mass is 389 g/mol. The van der Waals surface area contributed by atoms with Crippen molar-refractivity contribution in [2.45, 2.75) is 25.0 Å². The molecule has 0 spiro atoms. The van der Waals surface area contributed by atoms with Crippen molar-refractivity contribution in [3.63, 3.8) is 0 Å². The Balaban J connectivity index is 1.49. The lowest BCUT2D eigenvalue weighted by Gasteiger charge is -2.22. The van der Waals surface area contributed by atoms with Crippen LogP contribution in [0.4, 0.5) is 0 Å². The predicted octanol–water partition coefficient (Wildman–Crippen LogP) is 2.78. The standard InChI is InChI=1S/C23H23N3O3/c1-29-23(28)21-13-20(25-22(27)18-8-10-24-11-9-18)15-26(21)14-16-6-7-17-4-2-3-5-19(17)12-16/h2-12,20-21H,13-15H2,1H3,(H,25,27)/t20-,21-/m0/s1. The summed E-state index contributed by atoms with van der Waals surface area (Å²) < 4.78 is 5.01. The number of nitrogens with one attached hydrogen (secondary N) is 1. The van der Waals surface area contributed by atoms with Gasteiger partial charge < -0.3 is 10.1 Å². The van der Waals surface area contributed by atoms with Gasteiger partial charge in [-0.3, -0.25) is 19.5 Å². The molecule has 1 aliphatic rings. The minimum atomic E-state index is -0.380. The van der Waals surface area contributed by atoms with Crippen molar-refractivity contribution in [3.8, 4) is 0 Å². The second-order valence-electron chi connectivity index (χ2n) is 7.29. The third kappa shape index (κ3) is 4.27. The van der Waals surface area contributed by atoms with E-state index in [1.807, 2.05) is 12.1 Å². The number of aromatic nitrogens is 1. The largest absolute Gasteiger partial charge is 0.468 e. The fraction of sp³-hybridized carbons (Fsp3) is 0.261. The SMILES string of the molecule is COC(=O)[C@@H]1C[C@H](NC(=O)c2ccncc2)CN1Cc1ccc2ccccc2c1. The molecule has 1 N–H and O–H groups in total. The number of rotatable bonds is 5. The van der Waals surface area contributed by atoms with Gasteiger partial charge in [0.15, 0.2) is 0 Å². The highest BCUT2D eigenvalue weighted by Gasteiger charge is 2.38. The van der Waals surface area contributed by atoms with E-state index < -0.39 is 0 Å². The van der Waals surface area contributed by atoms with Gasteiger partial charge in [0.05, 0.1) is 7.11 Å². The second-order valence-corrected chi connectivity index (χ2v) is 7.29. The number of ether oxygens (including phenoxy) is 1. The molecule has 1 fully saturated rings. The Morgan fingerprint density at radius 3 is 2.62 bits per heavy atom. The topological polar surface area (TPSA) is 71.5 Å². The van der Waals surface area contributed by atoms with Crippen molar-refractivity contribution in [3.05, 3.63) is 78.1 Å². The molecule has 2 aromatic carbocycles. The van der Waals surface area contributed by atoms with E-state index in [2.05, 4.69) is 45.5 Å². The normalized spacial score (nSPS) is 19.2. The highest BCUT2D eigenvalue weighted by Crippen LogP contribution is 2.24. The maximum Gasteiger partial charge on any atom is 0.323 e. The van der Waals surface area contributed by atoms with Crippen LogP contribution in [0.3, 0.4) is 0 Å². The molecule has 2 atom stereocenters. The maximum atomic E-state index is 12.5. The van der Waals surface area contributed by atoms with Crippen LogP contribution in [0, 0.1) is 0 Å². The Labute approximate surface area is 169 Å². The molecule has 4 rings (SSSR count). The molecule has 0 radical (unpaired) electrons. The Hall–Kier alpha value is -3.25. The second kappa shape index (κ2) is 8.41. The van der Waals surface area contributed by atoms with Crippen molar-refractivity contribution in [2.75, 3.05) is 13.7 Å². The number of carbonyl (C=O) groups is 2. The van der Waals surface area contributed by atoms with E-state index in [0.717, 1.165) is 5.56 Å². The number of pyridine rings is 1. The highest BCUT2D eigenvalue weighted by atomic mass is 16.5. The molecule has 0 aliphatic carbocycles. The number of amides is 1. The first-order valence-corrected chi connectivity index (χ1v) is 9.64. The van der Waals surface area contributed by atoms with E-state index in [0.29, 0.717) is 25.1 Å². The summed E-state index contributed by atoms with van der Waals surface area (Å²) in [6.07, 6.45) is 3.71. The summed E-state index contributed by atoms with van der Waals surface area (Å²) in [6, 6.07) is 17.4. The van der Waals surface area contributed by atoms with Crippen molar-refractivity contribution in [2.24, 2.45) is 0 Å². The number of esters is 1. The van der Waals surface area contributed by atoms with Crippen molar-refractivity contribution in [1.29, 1.82) is 0 Å². The van der Waals surface area contributed by atoms with Crippen molar-refractivity contribution in [1.82, 2.24) is 15.2 Å². The molecule has 0 bridgehead atoms. The van der Waals surface area contributed by atoms with E-state index in [4.69, 9.17) is 4.74 Å². The van der Waals surface area contributed by atoms with Gasteiger partial charge >= 0.3 is 5.97 Å². The van der Waals surface area contributed by atoms with E-state index in [9.17, 15) is 9.59 Å². The zero-order valence-corrected chi connectivity index (χ0v) is 16.2. The smallest absolute Gasteiger partial charge is 0.323 e. The summed E-state index contributed by atoms with van der Waals surface area (Å²) >= 11 is 0. The summed E-state index contributed by atoms with van der Waals surface area (Å²) in [5.41, 5.74) is 1.68. The average Bonchev–Trinajstić information content (AvgIpc) is 3.15. The highest BCUT2D eigenvalue weighted by molar-refractivity contribution is 5.94. The van der Waals surface area contributed by atoms with E-state index in [1.54, 1.807) is 24.5 Å². The maximum absolute atomic E-state index is 12.5. The van der Waals surface area contributed by atoms with Crippen molar-refractivity contribution < 1.29 is 14.3 Å². The first-order chi connectivity index (χ1) is 14.1. The molecular formula is C23H23N3O3. The summed E-state index contributed by atoms with van der Waals surface area (Å²) in [5.74, 6) is -0.431. The molecule has 1 saturated heterocycles. The van der Waals surface area contributed by atoms with Gasteiger partial charge in [0.1, 0.15) is 6.04 Å². The van der Waals surface area contributed by atoms with E-state index in [1.165, 1.54) is 17.9 Å². The minimum absolute atomic E-state index is 0.125. The van der Waals surface area contributed by atoms with Crippen LogP contribution in [-0.2, 0) is 16.1 Å². The predicted molar refractivity (Wildman–Crippen MR) is 110 cm³/mol. The Bertz CT molecular complexity index is 1020. The van der Waals surface area contributed by atoms with Crippen LogP contribution >= 0.6 is 0 Å². The third-order valence-electron chi connectivity index (χ3n) is 5.35. The number of nitrogens with zero attached hydrogens (tertiary/aromatic N) is 2. The van der Waals surface area contributed by atoms with Crippen LogP contribution in [0.1, 0.15) is 22.3 Å². The fourth-order valence-corrected chi connectivity index (χ4v) is 3.91. The first kappa shape index (κ1) is 19.1. The Morgan fingerprint density at radius 2 is 1.86 bits per heavy atom. The van der Waals surface area contributed by atoms with Gasteiger partial charge in [-0.1, -0.05) is 36.4 Å². The van der Waals surface area contributed by atoms with Gasteiger partial charge in [-0.05, 0) is 41.0 Å². The molecule has 3 aromatic rings. The minimum Gasteiger partial charge on any atom is -0.468 e. The number of hydrogen-bond acceptors (Lipinski definition) is 5. The molecule has 0 unspecified atom stereocenters. The number of likely N-dealkylation sites (tertiary alicyclic amines) is 1. The van der Waals surface area contributed by atoms with Crippen LogP contribution in [0.25, 0.3) is 10.8 Å². The van der Waals surface area contributed by atoms with Crippen LogP contribution < -0.4 is 5.32 Å².